The molecule has 8 aromatic carbocycles. The molecule has 0 bridgehead atoms. The maximum Gasteiger partial charge on any atom is 0.238 e. The molecule has 0 unspecified atom stereocenters. The largest absolute Gasteiger partial charge is 0.309 e. The summed E-state index contributed by atoms with van der Waals surface area (Å²) in [5.74, 6) is -0.489. The summed E-state index contributed by atoms with van der Waals surface area (Å²) in [4.78, 5) is 15.0. The van der Waals surface area contributed by atoms with Crippen molar-refractivity contribution >= 4 is 65.4 Å². The highest BCUT2D eigenvalue weighted by molar-refractivity contribution is 6.12. The lowest BCUT2D eigenvalue weighted by molar-refractivity contribution is 0.952. The molecular formula is C51H32N6. The van der Waals surface area contributed by atoms with Gasteiger partial charge in [-0.3, -0.25) is 4.57 Å². The summed E-state index contributed by atoms with van der Waals surface area (Å²) in [6.07, 6.45) is 0. The van der Waals surface area contributed by atoms with Crippen LogP contribution in [0.4, 0.5) is 0 Å². The van der Waals surface area contributed by atoms with E-state index in [4.69, 9.17) is 31.4 Å². The number of rotatable bonds is 5. The topological polar surface area (TPSA) is 53.5 Å². The second-order valence-electron chi connectivity index (χ2n) is 13.3. The molecule has 4 aromatic heterocycles. The van der Waals surface area contributed by atoms with Crippen molar-refractivity contribution in [2.45, 2.75) is 0 Å². The van der Waals surface area contributed by atoms with Gasteiger partial charge < -0.3 is 9.13 Å². The van der Waals surface area contributed by atoms with Crippen LogP contribution in [0.2, 0.25) is 0 Å². The van der Waals surface area contributed by atoms with Crippen molar-refractivity contribution in [3.63, 3.8) is 0 Å². The molecule has 12 rings (SSSR count). The smallest absolute Gasteiger partial charge is 0.238 e. The first kappa shape index (κ1) is 19.7. The Morgan fingerprint density at radius 2 is 0.895 bits per heavy atom. The lowest BCUT2D eigenvalue weighted by atomic mass is 10.1. The van der Waals surface area contributed by atoms with Crippen LogP contribution in [0.15, 0.2) is 194 Å². The summed E-state index contributed by atoms with van der Waals surface area (Å²) in [6.45, 7) is 0. The number of hydrogen-bond acceptors (Lipinski definition) is 3. The lowest BCUT2D eigenvalue weighted by Crippen LogP contribution is -2.08. The molecule has 4 heterocycles. The fourth-order valence-electron chi connectivity index (χ4n) is 7.82. The minimum Gasteiger partial charge on any atom is -0.309 e. The van der Waals surface area contributed by atoms with Crippen LogP contribution in [0.1, 0.15) is 21.9 Å². The molecule has 0 N–H and O–H groups in total. The Morgan fingerprint density at radius 1 is 0.368 bits per heavy atom. The maximum atomic E-state index is 9.27. The standard InChI is InChI=1S/C51H32N6/c1-2-16-34(17-3-1)55-42-24-10-4-22-39(42)40-31-30-33(32-48(40)55)49-52-50(54-51(53-49)57-45-27-13-7-20-37(45)38-21-8-14-28-46(38)57)41-23-9-15-29-47(41)56-43-25-11-5-18-35(43)36-19-6-12-26-44(36)56/h1-32H/i5D,6D,7D,8D,11D,12D,13D,14D,18D,19D,20D,21D,25D,26D,27D,28D. The summed E-state index contributed by atoms with van der Waals surface area (Å²) in [5, 5.41) is 1.11. The van der Waals surface area contributed by atoms with Gasteiger partial charge in [0.05, 0.1) is 60.7 Å². The molecule has 266 valence electrons. The monoisotopic (exact) mass is 744 g/mol. The fraction of sp³-hybridized carbons (Fsp3) is 0. The van der Waals surface area contributed by atoms with Crippen molar-refractivity contribution in [3.05, 3.63) is 194 Å². The number of fused-ring (bicyclic) bond motifs is 9. The molecule has 0 spiro atoms. The third-order valence-electron chi connectivity index (χ3n) is 10.2. The minimum absolute atomic E-state index is 0.00991. The minimum atomic E-state index is -0.656. The van der Waals surface area contributed by atoms with E-state index in [9.17, 15) is 5.48 Å². The molecule has 0 aliphatic carbocycles. The second-order valence-corrected chi connectivity index (χ2v) is 13.3. The molecule has 6 heteroatoms. The fourth-order valence-corrected chi connectivity index (χ4v) is 7.82. The molecule has 6 nitrogen and oxygen atoms in total. The molecule has 0 fully saturated rings. The molecule has 57 heavy (non-hydrogen) atoms. The van der Waals surface area contributed by atoms with Gasteiger partial charge in [0, 0.05) is 49.1 Å². The zero-order valence-electron chi connectivity index (χ0n) is 45.4. The van der Waals surface area contributed by atoms with E-state index >= 15 is 0 Å². The van der Waals surface area contributed by atoms with Crippen LogP contribution in [0, 0.1) is 0 Å². The molecule has 0 amide bonds. The van der Waals surface area contributed by atoms with Crippen molar-refractivity contribution in [2.24, 2.45) is 0 Å². The van der Waals surface area contributed by atoms with Gasteiger partial charge in [0.1, 0.15) is 0 Å². The molecule has 0 saturated carbocycles. The van der Waals surface area contributed by atoms with Gasteiger partial charge in [0.2, 0.25) is 5.95 Å². The summed E-state index contributed by atoms with van der Waals surface area (Å²) in [5.41, 5.74) is 2.34. The first-order chi connectivity index (χ1) is 34.9. The average Bonchev–Trinajstić information content (AvgIpc) is 4.08. The van der Waals surface area contributed by atoms with Gasteiger partial charge in [-0.15, -0.1) is 0 Å². The second kappa shape index (κ2) is 12.3. The molecule has 12 aromatic rings. The van der Waals surface area contributed by atoms with Crippen LogP contribution in [-0.4, -0.2) is 28.7 Å². The van der Waals surface area contributed by atoms with E-state index in [1.54, 1.807) is 30.3 Å². The van der Waals surface area contributed by atoms with E-state index in [0.717, 1.165) is 27.5 Å². The van der Waals surface area contributed by atoms with E-state index in [1.165, 1.54) is 9.13 Å². The van der Waals surface area contributed by atoms with Crippen molar-refractivity contribution in [1.82, 2.24) is 28.7 Å². The van der Waals surface area contributed by atoms with Gasteiger partial charge in [0.15, 0.2) is 11.6 Å². The highest BCUT2D eigenvalue weighted by atomic mass is 15.2. The summed E-state index contributed by atoms with van der Waals surface area (Å²) >= 11 is 0. The molecule has 0 aliphatic heterocycles. The Balaban J connectivity index is 1.25. The van der Waals surface area contributed by atoms with Crippen LogP contribution < -0.4 is 0 Å². The van der Waals surface area contributed by atoms with Gasteiger partial charge in [-0.1, -0.05) is 133 Å². The first-order valence-corrected chi connectivity index (χ1v) is 17.9. The summed E-state index contributed by atoms with van der Waals surface area (Å²) < 4.78 is 147. The number of nitrogens with zero attached hydrogens (tertiary/aromatic N) is 6. The van der Waals surface area contributed by atoms with E-state index in [2.05, 4.69) is 4.57 Å². The van der Waals surface area contributed by atoms with E-state index in [-0.39, 0.29) is 72.5 Å². The quantitative estimate of drug-likeness (QED) is 0.176. The Hall–Kier alpha value is -7.83. The number of hydrogen-bond donors (Lipinski definition) is 0. The number of para-hydroxylation sites is 7. The van der Waals surface area contributed by atoms with Crippen molar-refractivity contribution < 1.29 is 21.9 Å². The van der Waals surface area contributed by atoms with E-state index in [1.807, 2.05) is 66.7 Å². The van der Waals surface area contributed by atoms with Gasteiger partial charge in [-0.2, -0.15) is 9.97 Å². The maximum absolute atomic E-state index is 9.27. The third kappa shape index (κ3) is 4.74. The highest BCUT2D eigenvalue weighted by Crippen LogP contribution is 2.38. The average molecular weight is 745 g/mol. The van der Waals surface area contributed by atoms with Crippen molar-refractivity contribution in [3.8, 4) is 40.1 Å². The van der Waals surface area contributed by atoms with Crippen LogP contribution in [0.3, 0.4) is 0 Å². The Morgan fingerprint density at radius 3 is 1.56 bits per heavy atom. The molecule has 0 saturated heterocycles. The number of benzene rings is 8. The normalized spacial score (nSPS) is 15.8. The number of aromatic nitrogens is 6. The summed E-state index contributed by atoms with van der Waals surface area (Å²) in [7, 11) is 0. The molecular weight excluding hydrogens is 697 g/mol. The van der Waals surface area contributed by atoms with Gasteiger partial charge in [-0.05, 0) is 60.6 Å². The van der Waals surface area contributed by atoms with Gasteiger partial charge >= 0.3 is 0 Å². The Bertz CT molecular complexity index is 4320. The predicted octanol–water partition coefficient (Wildman–Crippen LogP) is 12.5. The van der Waals surface area contributed by atoms with Crippen LogP contribution in [-0.2, 0) is 0 Å². The molecule has 0 aliphatic rings. The van der Waals surface area contributed by atoms with Crippen LogP contribution in [0.5, 0.6) is 0 Å². The SMILES string of the molecule is [2H]c1c([2H])c([2H])c2c(c1[2H])c1c([2H])c([2H])c([2H])c([2H])c1n2-c1nc(-c2ccc3c4ccccc4n(-c4ccccc4)c3c2)nc(-c2ccccc2-n2c3c([2H])c([2H])c([2H])c([2H])c3c3c([2H])c([2H])c([2H])c([2H])c32)n1. The Kier molecular flexibility index (Phi) is 4.26. The third-order valence-corrected chi connectivity index (χ3v) is 10.2. The van der Waals surface area contributed by atoms with Crippen molar-refractivity contribution in [1.29, 1.82) is 0 Å². The first-order valence-electron chi connectivity index (χ1n) is 25.9. The molecule has 0 atom stereocenters. The lowest BCUT2D eigenvalue weighted by Gasteiger charge is -2.15. The van der Waals surface area contributed by atoms with Gasteiger partial charge in [0.25, 0.3) is 0 Å². The van der Waals surface area contributed by atoms with Crippen LogP contribution in [0.25, 0.3) is 106 Å². The van der Waals surface area contributed by atoms with Crippen molar-refractivity contribution in [2.75, 3.05) is 0 Å². The Labute approximate surface area is 349 Å². The summed E-state index contributed by atoms with van der Waals surface area (Å²) in [6, 6.07) is 20.1. The van der Waals surface area contributed by atoms with E-state index in [0.29, 0.717) is 5.56 Å². The van der Waals surface area contributed by atoms with Crippen LogP contribution >= 0.6 is 0 Å². The molecule has 0 radical (unpaired) electrons. The highest BCUT2D eigenvalue weighted by Gasteiger charge is 2.22. The van der Waals surface area contributed by atoms with E-state index < -0.39 is 96.7 Å². The zero-order chi connectivity index (χ0) is 51.4. The zero-order valence-corrected chi connectivity index (χ0v) is 29.4. The predicted molar refractivity (Wildman–Crippen MR) is 234 cm³/mol. The van der Waals surface area contributed by atoms with Gasteiger partial charge in [-0.25, -0.2) is 4.98 Å².